The zero-order valence-electron chi connectivity index (χ0n) is 12.0. The maximum Gasteiger partial charge on any atom is 0.344 e. The average Bonchev–Trinajstić information content (AvgIpc) is 2.49. The normalized spacial score (nSPS) is 10.0. The van der Waals surface area contributed by atoms with E-state index in [1.165, 1.54) is 12.1 Å². The van der Waals surface area contributed by atoms with Gasteiger partial charge >= 0.3 is 11.7 Å². The Kier molecular flexibility index (Phi) is 6.32. The summed E-state index contributed by atoms with van der Waals surface area (Å²) in [6.45, 7) is 3.38. The molecule has 0 fully saturated rings. The third-order valence-corrected chi connectivity index (χ3v) is 2.61. The number of benzene rings is 1. The molecule has 0 aromatic heterocycles. The second-order valence-electron chi connectivity index (χ2n) is 4.23. The van der Waals surface area contributed by atoms with Gasteiger partial charge in [-0.15, -0.1) is 0 Å². The molecule has 1 aromatic carbocycles. The minimum Gasteiger partial charge on any atom is -0.475 e. The van der Waals surface area contributed by atoms with Gasteiger partial charge in [0.15, 0.2) is 18.1 Å². The molecule has 0 N–H and O–H groups in total. The number of ketones is 1. The van der Waals surface area contributed by atoms with E-state index in [0.29, 0.717) is 6.42 Å². The molecule has 0 saturated carbocycles. The molecule has 0 aliphatic heterocycles. The zero-order chi connectivity index (χ0) is 15.8. The van der Waals surface area contributed by atoms with E-state index in [9.17, 15) is 19.7 Å². The van der Waals surface area contributed by atoms with Crippen LogP contribution in [0.2, 0.25) is 0 Å². The third kappa shape index (κ3) is 4.87. The monoisotopic (exact) mass is 295 g/mol. The Labute approximate surface area is 122 Å². The molecule has 1 aromatic rings. The minimum absolute atomic E-state index is 0.0684. The molecule has 0 aliphatic carbocycles. The number of hydrogen-bond donors (Lipinski definition) is 0. The van der Waals surface area contributed by atoms with Crippen molar-refractivity contribution in [3.8, 4) is 5.75 Å². The third-order valence-electron chi connectivity index (χ3n) is 2.61. The van der Waals surface area contributed by atoms with E-state index in [1.54, 1.807) is 6.92 Å². The lowest BCUT2D eigenvalue weighted by molar-refractivity contribution is -0.385. The van der Waals surface area contributed by atoms with Gasteiger partial charge < -0.3 is 9.47 Å². The van der Waals surface area contributed by atoms with E-state index >= 15 is 0 Å². The molecule has 7 heteroatoms. The molecule has 114 valence electrons. The van der Waals surface area contributed by atoms with Crippen LogP contribution in [0.15, 0.2) is 18.2 Å². The molecule has 1 rings (SSSR count). The Hall–Kier alpha value is -2.44. The second kappa shape index (κ2) is 7.98. The summed E-state index contributed by atoms with van der Waals surface area (Å²) in [7, 11) is 0. The van der Waals surface area contributed by atoms with E-state index < -0.39 is 17.5 Å². The highest BCUT2D eigenvalue weighted by atomic mass is 16.6. The second-order valence-corrected chi connectivity index (χ2v) is 4.23. The van der Waals surface area contributed by atoms with Crippen LogP contribution in [0.1, 0.15) is 37.0 Å². The van der Waals surface area contributed by atoms with Crippen LogP contribution in [0.4, 0.5) is 5.69 Å². The van der Waals surface area contributed by atoms with Crippen molar-refractivity contribution >= 4 is 17.4 Å². The smallest absolute Gasteiger partial charge is 0.344 e. The fourth-order valence-corrected chi connectivity index (χ4v) is 1.55. The average molecular weight is 295 g/mol. The van der Waals surface area contributed by atoms with Crippen molar-refractivity contribution in [3.05, 3.63) is 33.9 Å². The van der Waals surface area contributed by atoms with E-state index in [2.05, 4.69) is 0 Å². The summed E-state index contributed by atoms with van der Waals surface area (Å²) in [4.78, 5) is 33.2. The van der Waals surface area contributed by atoms with Crippen LogP contribution in [-0.4, -0.2) is 29.9 Å². The maximum atomic E-state index is 11.5. The fraction of sp³-hybridized carbons (Fsp3) is 0.429. The summed E-state index contributed by atoms with van der Waals surface area (Å²) in [6.07, 6.45) is 0.931. The summed E-state index contributed by atoms with van der Waals surface area (Å²) in [5.41, 5.74) is -0.109. The van der Waals surface area contributed by atoms with Gasteiger partial charge in [0.05, 0.1) is 11.5 Å². The molecule has 0 unspecified atom stereocenters. The quantitative estimate of drug-likeness (QED) is 0.316. The van der Waals surface area contributed by atoms with Gasteiger partial charge in [-0.3, -0.25) is 14.9 Å². The maximum absolute atomic E-state index is 11.5. The van der Waals surface area contributed by atoms with Crippen molar-refractivity contribution < 1.29 is 24.0 Å². The number of rotatable bonds is 8. The van der Waals surface area contributed by atoms with Crippen molar-refractivity contribution in [2.24, 2.45) is 0 Å². The highest BCUT2D eigenvalue weighted by Gasteiger charge is 2.19. The lowest BCUT2D eigenvalue weighted by atomic mass is 10.1. The predicted molar refractivity (Wildman–Crippen MR) is 74.5 cm³/mol. The lowest BCUT2D eigenvalue weighted by Gasteiger charge is -2.07. The van der Waals surface area contributed by atoms with Crippen LogP contribution in [0.3, 0.4) is 0 Å². The highest BCUT2D eigenvalue weighted by molar-refractivity contribution is 5.96. The lowest BCUT2D eigenvalue weighted by Crippen LogP contribution is -2.15. The first-order chi connectivity index (χ1) is 9.99. The molecule has 0 aliphatic rings. The van der Waals surface area contributed by atoms with Crippen LogP contribution in [0, 0.1) is 10.1 Å². The number of nitrogens with zero attached hydrogens (tertiary/aromatic N) is 1. The Bertz CT molecular complexity index is 540. The van der Waals surface area contributed by atoms with Gasteiger partial charge in [-0.2, -0.15) is 0 Å². The molecule has 0 heterocycles. The Morgan fingerprint density at radius 3 is 2.57 bits per heavy atom. The molecule has 21 heavy (non-hydrogen) atoms. The van der Waals surface area contributed by atoms with Crippen LogP contribution in [-0.2, 0) is 9.53 Å². The van der Waals surface area contributed by atoms with Crippen LogP contribution < -0.4 is 4.74 Å². The zero-order valence-corrected chi connectivity index (χ0v) is 12.0. The molecular formula is C14H17NO6. The van der Waals surface area contributed by atoms with E-state index in [1.807, 2.05) is 6.92 Å². The molecule has 0 atom stereocenters. The van der Waals surface area contributed by atoms with Gasteiger partial charge in [-0.1, -0.05) is 13.8 Å². The predicted octanol–water partition coefficient (Wildman–Crippen LogP) is 2.52. The summed E-state index contributed by atoms with van der Waals surface area (Å²) >= 11 is 0. The Morgan fingerprint density at radius 1 is 1.29 bits per heavy atom. The number of carbonyl (C=O) groups is 2. The van der Waals surface area contributed by atoms with Crippen molar-refractivity contribution in [1.29, 1.82) is 0 Å². The number of hydrogen-bond acceptors (Lipinski definition) is 6. The summed E-state index contributed by atoms with van der Waals surface area (Å²) in [6, 6.07) is 3.90. The Balaban J connectivity index is 2.84. The number of Topliss-reactive ketones (excluding diaryl/α,β-unsaturated/α-hetero) is 1. The molecular weight excluding hydrogens is 278 g/mol. The van der Waals surface area contributed by atoms with Crippen molar-refractivity contribution in [1.82, 2.24) is 0 Å². The number of nitro groups is 1. The van der Waals surface area contributed by atoms with Crippen molar-refractivity contribution in [3.63, 3.8) is 0 Å². The van der Waals surface area contributed by atoms with E-state index in [0.717, 1.165) is 6.07 Å². The largest absolute Gasteiger partial charge is 0.475 e. The molecule has 0 amide bonds. The van der Waals surface area contributed by atoms with Gasteiger partial charge in [-0.25, -0.2) is 4.79 Å². The fourth-order valence-electron chi connectivity index (χ4n) is 1.55. The first-order valence-electron chi connectivity index (χ1n) is 6.59. The van der Waals surface area contributed by atoms with Crippen LogP contribution >= 0.6 is 0 Å². The van der Waals surface area contributed by atoms with Gasteiger partial charge in [0, 0.05) is 18.1 Å². The highest BCUT2D eigenvalue weighted by Crippen LogP contribution is 2.28. The SMILES string of the molecule is CCCOC(=O)COc1ccc(C(=O)CC)cc1[N+](=O)[O-]. The van der Waals surface area contributed by atoms with Crippen LogP contribution in [0.5, 0.6) is 5.75 Å². The number of carbonyl (C=O) groups excluding carboxylic acids is 2. The number of esters is 1. The molecule has 0 spiro atoms. The van der Waals surface area contributed by atoms with E-state index in [4.69, 9.17) is 9.47 Å². The van der Waals surface area contributed by atoms with Gasteiger partial charge in [0.1, 0.15) is 0 Å². The van der Waals surface area contributed by atoms with Crippen molar-refractivity contribution in [2.45, 2.75) is 26.7 Å². The Morgan fingerprint density at radius 2 is 2.00 bits per heavy atom. The first kappa shape index (κ1) is 16.6. The topological polar surface area (TPSA) is 95.7 Å². The van der Waals surface area contributed by atoms with Crippen LogP contribution in [0.25, 0.3) is 0 Å². The summed E-state index contributed by atoms with van der Waals surface area (Å²) < 4.78 is 9.90. The summed E-state index contributed by atoms with van der Waals surface area (Å²) in [5, 5.41) is 11.0. The molecule has 0 saturated heterocycles. The van der Waals surface area contributed by atoms with Gasteiger partial charge in [0.25, 0.3) is 0 Å². The molecule has 0 radical (unpaired) electrons. The minimum atomic E-state index is -0.654. The van der Waals surface area contributed by atoms with Gasteiger partial charge in [-0.05, 0) is 18.6 Å². The number of nitro benzene ring substituents is 1. The van der Waals surface area contributed by atoms with E-state index in [-0.39, 0.29) is 35.8 Å². The summed E-state index contributed by atoms with van der Waals surface area (Å²) in [5.74, 6) is -0.868. The van der Waals surface area contributed by atoms with Gasteiger partial charge in [0.2, 0.25) is 0 Å². The standard InChI is InChI=1S/C14H17NO6/c1-3-7-20-14(17)9-21-13-6-5-10(12(16)4-2)8-11(13)15(18)19/h5-6,8H,3-4,7,9H2,1-2H3. The first-order valence-corrected chi connectivity index (χ1v) is 6.59. The molecule has 7 nitrogen and oxygen atoms in total. The van der Waals surface area contributed by atoms with Crippen molar-refractivity contribution in [2.75, 3.05) is 13.2 Å². The number of ether oxygens (including phenoxy) is 2. The molecule has 0 bridgehead atoms.